The number of ether oxygens (including phenoxy) is 5. The number of nitrogens with zero attached hydrogens (tertiary/aromatic N) is 1. The molecule has 0 aliphatic carbocycles. The van der Waals surface area contributed by atoms with Gasteiger partial charge in [-0.25, -0.2) is 0 Å². The molecule has 9 nitrogen and oxygen atoms in total. The highest BCUT2D eigenvalue weighted by molar-refractivity contribution is 7.53. The summed E-state index contributed by atoms with van der Waals surface area (Å²) in [6, 6.07) is 0. The van der Waals surface area contributed by atoms with Crippen LogP contribution in [0.5, 0.6) is 0 Å². The maximum Gasteiger partial charge on any atom is 0.330 e. The quantitative estimate of drug-likeness (QED) is 0.525. The van der Waals surface area contributed by atoms with Gasteiger partial charge in [0, 0.05) is 13.1 Å². The van der Waals surface area contributed by atoms with Crippen molar-refractivity contribution in [1.82, 2.24) is 4.90 Å². The zero-order chi connectivity index (χ0) is 21.0. The maximum atomic E-state index is 12.6. The van der Waals surface area contributed by atoms with Crippen molar-refractivity contribution in [2.75, 3.05) is 105 Å². The Morgan fingerprint density at radius 3 is 1.45 bits per heavy atom. The van der Waals surface area contributed by atoms with Crippen LogP contribution in [0.3, 0.4) is 0 Å². The Kier molecular flexibility index (Phi) is 17.3. The first-order valence-corrected chi connectivity index (χ1v) is 12.4. The maximum absolute atomic E-state index is 12.6. The van der Waals surface area contributed by atoms with Crippen LogP contribution >= 0.6 is 7.60 Å². The summed E-state index contributed by atoms with van der Waals surface area (Å²) in [4.78, 5) is 2.25. The van der Waals surface area contributed by atoms with E-state index in [1.807, 2.05) is 13.8 Å². The molecule has 0 amide bonds. The first-order chi connectivity index (χ1) is 14.2. The fourth-order valence-corrected chi connectivity index (χ4v) is 4.40. The van der Waals surface area contributed by atoms with Crippen LogP contribution in [0.2, 0.25) is 0 Å². The minimum Gasteiger partial charge on any atom is -0.378 e. The van der Waals surface area contributed by atoms with E-state index in [0.29, 0.717) is 85.4 Å². The van der Waals surface area contributed by atoms with Crippen molar-refractivity contribution in [3.8, 4) is 0 Å². The highest BCUT2D eigenvalue weighted by Gasteiger charge is 2.23. The van der Waals surface area contributed by atoms with E-state index in [9.17, 15) is 4.57 Å². The third kappa shape index (κ3) is 15.4. The molecule has 0 spiro atoms. The van der Waals surface area contributed by atoms with Crippen molar-refractivity contribution in [2.45, 2.75) is 20.3 Å². The molecule has 0 saturated carbocycles. The second-order valence-corrected chi connectivity index (χ2v) is 8.61. The van der Waals surface area contributed by atoms with E-state index in [-0.39, 0.29) is 0 Å². The molecule has 0 atom stereocenters. The van der Waals surface area contributed by atoms with Gasteiger partial charge in [0.15, 0.2) is 0 Å². The van der Waals surface area contributed by atoms with Crippen molar-refractivity contribution < 1.29 is 37.3 Å². The Balaban J connectivity index is 2.38. The predicted molar refractivity (Wildman–Crippen MR) is 111 cm³/mol. The normalized spacial score (nSPS) is 20.8. The zero-order valence-corrected chi connectivity index (χ0v) is 19.1. The Morgan fingerprint density at radius 1 is 0.690 bits per heavy atom. The molecule has 0 unspecified atom stereocenters. The summed E-state index contributed by atoms with van der Waals surface area (Å²) in [5, 5.41) is 0. The first kappa shape index (κ1) is 26.9. The van der Waals surface area contributed by atoms with Crippen LogP contribution in [0.4, 0.5) is 0 Å². The van der Waals surface area contributed by atoms with Gasteiger partial charge in [0.1, 0.15) is 0 Å². The molecule has 1 rings (SSSR count). The van der Waals surface area contributed by atoms with Gasteiger partial charge in [-0.05, 0) is 26.8 Å². The van der Waals surface area contributed by atoms with E-state index in [2.05, 4.69) is 4.90 Å². The first-order valence-electron chi connectivity index (χ1n) is 10.7. The lowest BCUT2D eigenvalue weighted by Gasteiger charge is -2.23. The van der Waals surface area contributed by atoms with Crippen LogP contribution in [0.15, 0.2) is 0 Å². The molecule has 174 valence electrons. The van der Waals surface area contributed by atoms with Crippen molar-refractivity contribution >= 4 is 7.60 Å². The van der Waals surface area contributed by atoms with Crippen LogP contribution in [0, 0.1) is 0 Å². The molecular formula is C19H40NO8P. The summed E-state index contributed by atoms with van der Waals surface area (Å²) in [7, 11) is -2.99. The van der Waals surface area contributed by atoms with Gasteiger partial charge in [0.2, 0.25) is 0 Å². The standard InChI is InChI=1S/C19H40NO8P/c1-3-27-29(21,28-4-2)19-5-6-20-7-9-22-11-13-24-15-17-26-18-16-25-14-12-23-10-8-20/h3-19H2,1-2H3. The van der Waals surface area contributed by atoms with E-state index >= 15 is 0 Å². The summed E-state index contributed by atoms with van der Waals surface area (Å²) in [5.74, 6) is 0. The SMILES string of the molecule is CCOP(=O)(CCCN1CCOCCOCCOCCOCCOCC1)OCC. The van der Waals surface area contributed by atoms with Crippen molar-refractivity contribution in [3.05, 3.63) is 0 Å². The molecule has 1 saturated heterocycles. The predicted octanol–water partition coefficient (Wildman–Crippen LogP) is 2.04. The van der Waals surface area contributed by atoms with E-state index in [4.69, 9.17) is 32.7 Å². The van der Waals surface area contributed by atoms with Crippen LogP contribution in [-0.2, 0) is 37.3 Å². The fourth-order valence-electron chi connectivity index (χ4n) is 2.75. The van der Waals surface area contributed by atoms with Gasteiger partial charge in [-0.15, -0.1) is 0 Å². The van der Waals surface area contributed by atoms with Gasteiger partial charge in [0.25, 0.3) is 0 Å². The van der Waals surface area contributed by atoms with E-state index < -0.39 is 7.60 Å². The average Bonchev–Trinajstić information content (AvgIpc) is 2.69. The number of hydrogen-bond acceptors (Lipinski definition) is 9. The van der Waals surface area contributed by atoms with Crippen molar-refractivity contribution in [3.63, 3.8) is 0 Å². The van der Waals surface area contributed by atoms with E-state index in [0.717, 1.165) is 26.1 Å². The molecule has 1 heterocycles. The van der Waals surface area contributed by atoms with Crippen molar-refractivity contribution in [2.24, 2.45) is 0 Å². The van der Waals surface area contributed by atoms with Gasteiger partial charge < -0.3 is 32.7 Å². The van der Waals surface area contributed by atoms with Crippen molar-refractivity contribution in [1.29, 1.82) is 0 Å². The van der Waals surface area contributed by atoms with E-state index in [1.165, 1.54) is 0 Å². The molecule has 1 aliphatic heterocycles. The monoisotopic (exact) mass is 441 g/mol. The molecule has 0 N–H and O–H groups in total. The Bertz CT molecular complexity index is 388. The highest BCUT2D eigenvalue weighted by atomic mass is 31.2. The van der Waals surface area contributed by atoms with Gasteiger partial charge >= 0.3 is 7.60 Å². The second kappa shape index (κ2) is 18.7. The summed E-state index contributed by atoms with van der Waals surface area (Å²) < 4.78 is 51.0. The molecule has 1 aliphatic rings. The molecule has 10 heteroatoms. The molecule has 1 fully saturated rings. The lowest BCUT2D eigenvalue weighted by atomic mass is 10.4. The molecular weight excluding hydrogens is 401 g/mol. The van der Waals surface area contributed by atoms with Crippen LogP contribution in [0.1, 0.15) is 20.3 Å². The minimum absolute atomic E-state index is 0.388. The molecule has 0 aromatic heterocycles. The van der Waals surface area contributed by atoms with Gasteiger partial charge in [-0.3, -0.25) is 9.46 Å². The lowest BCUT2D eigenvalue weighted by Crippen LogP contribution is -2.33. The molecule has 0 bridgehead atoms. The molecule has 29 heavy (non-hydrogen) atoms. The fraction of sp³-hybridized carbons (Fsp3) is 1.00. The Hall–Kier alpha value is -0.0900. The lowest BCUT2D eigenvalue weighted by molar-refractivity contribution is -0.0185. The summed E-state index contributed by atoms with van der Waals surface area (Å²) >= 11 is 0. The highest BCUT2D eigenvalue weighted by Crippen LogP contribution is 2.48. The third-order valence-corrected chi connectivity index (χ3v) is 6.32. The topological polar surface area (TPSA) is 84.9 Å². The summed E-state index contributed by atoms with van der Waals surface area (Å²) in [6.45, 7) is 12.4. The largest absolute Gasteiger partial charge is 0.378 e. The van der Waals surface area contributed by atoms with Gasteiger partial charge in [-0.2, -0.15) is 0 Å². The number of rotatable bonds is 8. The van der Waals surface area contributed by atoms with E-state index in [1.54, 1.807) is 0 Å². The smallest absolute Gasteiger partial charge is 0.330 e. The third-order valence-electron chi connectivity index (χ3n) is 4.15. The molecule has 0 radical (unpaired) electrons. The Morgan fingerprint density at radius 2 is 1.07 bits per heavy atom. The van der Waals surface area contributed by atoms with Crippen LogP contribution < -0.4 is 0 Å². The number of hydrogen-bond donors (Lipinski definition) is 0. The zero-order valence-electron chi connectivity index (χ0n) is 18.2. The summed E-state index contributed by atoms with van der Waals surface area (Å²) in [6.07, 6.45) is 1.14. The van der Waals surface area contributed by atoms with Gasteiger partial charge in [-0.1, -0.05) is 0 Å². The van der Waals surface area contributed by atoms with Crippen LogP contribution in [-0.4, -0.2) is 110 Å². The second-order valence-electron chi connectivity index (χ2n) is 6.43. The molecule has 0 aromatic rings. The minimum atomic E-state index is -2.99. The Labute approximate surface area is 175 Å². The molecule has 0 aromatic carbocycles. The summed E-state index contributed by atoms with van der Waals surface area (Å²) in [5.41, 5.74) is 0. The van der Waals surface area contributed by atoms with Crippen LogP contribution in [0.25, 0.3) is 0 Å². The van der Waals surface area contributed by atoms with Gasteiger partial charge in [0.05, 0.1) is 85.4 Å². The average molecular weight is 442 g/mol.